The molecule has 0 atom stereocenters. The van der Waals surface area contributed by atoms with Gasteiger partial charge in [-0.25, -0.2) is 9.50 Å². The van der Waals surface area contributed by atoms with E-state index in [1.807, 2.05) is 25.1 Å². The number of nitrogens with zero attached hydrogens (tertiary/aromatic N) is 4. The van der Waals surface area contributed by atoms with Crippen molar-refractivity contribution >= 4 is 16.6 Å². The molecular formula is C24H15F3N4O. The molecule has 0 bridgehead atoms. The molecule has 0 amide bonds. The highest BCUT2D eigenvalue weighted by Gasteiger charge is 2.30. The average molecular weight is 432 g/mol. The van der Waals surface area contributed by atoms with Gasteiger partial charge >= 0.3 is 6.18 Å². The Hall–Kier alpha value is -4.12. The van der Waals surface area contributed by atoms with E-state index in [1.54, 1.807) is 29.0 Å². The number of aryl methyl sites for hydroxylation is 1. The zero-order chi connectivity index (χ0) is 22.3. The fourth-order valence-corrected chi connectivity index (χ4v) is 3.53. The molecule has 158 valence electrons. The Kier molecular flexibility index (Phi) is 4.67. The van der Waals surface area contributed by atoms with Gasteiger partial charge < -0.3 is 4.52 Å². The van der Waals surface area contributed by atoms with E-state index < -0.39 is 11.7 Å². The molecule has 32 heavy (non-hydrogen) atoms. The van der Waals surface area contributed by atoms with E-state index in [-0.39, 0.29) is 6.42 Å². The second kappa shape index (κ2) is 7.54. The Morgan fingerprint density at radius 3 is 2.78 bits per heavy atom. The fraction of sp³-hybridized carbons (Fsp3) is 0.125. The number of hydrogen-bond donors (Lipinski definition) is 0. The maximum atomic E-state index is 13.0. The molecule has 0 aliphatic rings. The molecule has 5 rings (SSSR count). The molecule has 0 radical (unpaired) electrons. The van der Waals surface area contributed by atoms with Crippen LogP contribution < -0.4 is 0 Å². The number of halogens is 3. The van der Waals surface area contributed by atoms with Gasteiger partial charge in [0.2, 0.25) is 0 Å². The van der Waals surface area contributed by atoms with Crippen LogP contribution in [0.15, 0.2) is 65.4 Å². The van der Waals surface area contributed by atoms with Gasteiger partial charge in [-0.3, -0.25) is 0 Å². The van der Waals surface area contributed by atoms with Gasteiger partial charge in [0.1, 0.15) is 5.69 Å². The van der Waals surface area contributed by atoms with Crippen molar-refractivity contribution in [2.24, 2.45) is 0 Å². The fourth-order valence-electron chi connectivity index (χ4n) is 3.53. The summed E-state index contributed by atoms with van der Waals surface area (Å²) in [6.07, 6.45) is -0.884. The molecule has 0 aliphatic heterocycles. The molecular weight excluding hydrogens is 417 g/mol. The zero-order valence-corrected chi connectivity index (χ0v) is 16.8. The minimum atomic E-state index is -4.39. The van der Waals surface area contributed by atoms with Gasteiger partial charge in [0.15, 0.2) is 11.2 Å². The molecule has 0 saturated heterocycles. The summed E-state index contributed by atoms with van der Waals surface area (Å²) in [4.78, 5) is 4.27. The Balaban J connectivity index is 1.53. The standard InChI is InChI=1S/C24H15F3N4O/c1-15-7-9-20-21(13-16-4-2-5-17(12-16)24(25,26)27)30-32-23(20)19(15)10-8-18-14-28-22-6-3-11-29-31(18)22/h2-7,9,11-12,14H,13H2,1H3. The van der Waals surface area contributed by atoms with Crippen LogP contribution >= 0.6 is 0 Å². The Morgan fingerprint density at radius 2 is 1.94 bits per heavy atom. The molecule has 0 aliphatic carbocycles. The molecule has 0 saturated carbocycles. The van der Waals surface area contributed by atoms with Crippen molar-refractivity contribution in [3.63, 3.8) is 0 Å². The summed E-state index contributed by atoms with van der Waals surface area (Å²) < 4.78 is 46.3. The number of rotatable bonds is 2. The molecule has 0 N–H and O–H groups in total. The summed E-state index contributed by atoms with van der Waals surface area (Å²) in [6.45, 7) is 1.91. The summed E-state index contributed by atoms with van der Waals surface area (Å²) in [5.41, 5.74) is 3.74. The van der Waals surface area contributed by atoms with Crippen molar-refractivity contribution in [1.29, 1.82) is 0 Å². The SMILES string of the molecule is Cc1ccc2c(Cc3cccc(C(F)(F)F)c3)noc2c1C#Cc1cnc2cccnn12. The van der Waals surface area contributed by atoms with E-state index in [0.29, 0.717) is 39.1 Å². The molecule has 5 aromatic rings. The van der Waals surface area contributed by atoms with E-state index in [1.165, 1.54) is 6.07 Å². The Bertz CT molecular complexity index is 1520. The first-order valence-corrected chi connectivity index (χ1v) is 9.75. The van der Waals surface area contributed by atoms with Crippen LogP contribution in [0.5, 0.6) is 0 Å². The van der Waals surface area contributed by atoms with Crippen molar-refractivity contribution in [3.05, 3.63) is 94.6 Å². The maximum absolute atomic E-state index is 13.0. The topological polar surface area (TPSA) is 56.2 Å². The van der Waals surface area contributed by atoms with Crippen molar-refractivity contribution in [1.82, 2.24) is 19.8 Å². The quantitative estimate of drug-likeness (QED) is 0.361. The van der Waals surface area contributed by atoms with Crippen molar-refractivity contribution in [2.75, 3.05) is 0 Å². The van der Waals surface area contributed by atoms with Gasteiger partial charge in [-0.05, 0) is 48.2 Å². The van der Waals surface area contributed by atoms with Crippen molar-refractivity contribution in [2.45, 2.75) is 19.5 Å². The third-order valence-corrected chi connectivity index (χ3v) is 5.14. The summed E-state index contributed by atoms with van der Waals surface area (Å²) in [5, 5.41) is 9.09. The van der Waals surface area contributed by atoms with Gasteiger partial charge in [0, 0.05) is 18.0 Å². The van der Waals surface area contributed by atoms with E-state index in [0.717, 1.165) is 17.7 Å². The largest absolute Gasteiger partial charge is 0.416 e. The molecule has 0 spiro atoms. The number of alkyl halides is 3. The Labute approximate surface area is 180 Å². The highest BCUT2D eigenvalue weighted by Crippen LogP contribution is 2.31. The number of benzene rings is 2. The maximum Gasteiger partial charge on any atom is 0.416 e. The van der Waals surface area contributed by atoms with Crippen LogP contribution in [-0.2, 0) is 12.6 Å². The molecule has 0 unspecified atom stereocenters. The second-order valence-electron chi connectivity index (χ2n) is 7.33. The molecule has 3 heterocycles. The first-order chi connectivity index (χ1) is 15.4. The van der Waals surface area contributed by atoms with Gasteiger partial charge in [-0.1, -0.05) is 35.3 Å². The lowest BCUT2D eigenvalue weighted by atomic mass is 10.0. The second-order valence-corrected chi connectivity index (χ2v) is 7.33. The van der Waals surface area contributed by atoms with E-state index in [4.69, 9.17) is 4.52 Å². The first-order valence-electron chi connectivity index (χ1n) is 9.75. The van der Waals surface area contributed by atoms with Gasteiger partial charge in [0.05, 0.1) is 23.0 Å². The predicted octanol–water partition coefficient (Wildman–Crippen LogP) is 5.19. The predicted molar refractivity (Wildman–Crippen MR) is 112 cm³/mol. The van der Waals surface area contributed by atoms with E-state index in [9.17, 15) is 13.2 Å². The highest BCUT2D eigenvalue weighted by atomic mass is 19.4. The summed E-state index contributed by atoms with van der Waals surface area (Å²) in [7, 11) is 0. The zero-order valence-electron chi connectivity index (χ0n) is 16.8. The van der Waals surface area contributed by atoms with Gasteiger partial charge in [0.25, 0.3) is 0 Å². The first kappa shape index (κ1) is 19.8. The van der Waals surface area contributed by atoms with Crippen LogP contribution in [0.3, 0.4) is 0 Å². The summed E-state index contributed by atoms with van der Waals surface area (Å²) in [5.74, 6) is 6.20. The number of aromatic nitrogens is 4. The smallest absolute Gasteiger partial charge is 0.355 e. The monoisotopic (exact) mass is 432 g/mol. The van der Waals surface area contributed by atoms with Gasteiger partial charge in [-0.2, -0.15) is 18.3 Å². The summed E-state index contributed by atoms with van der Waals surface area (Å²) >= 11 is 0. The number of imidazole rings is 1. The van der Waals surface area contributed by atoms with Gasteiger partial charge in [-0.15, -0.1) is 0 Å². The lowest BCUT2D eigenvalue weighted by Crippen LogP contribution is -2.05. The van der Waals surface area contributed by atoms with Crippen LogP contribution in [0.2, 0.25) is 0 Å². The van der Waals surface area contributed by atoms with Crippen molar-refractivity contribution < 1.29 is 17.7 Å². The van der Waals surface area contributed by atoms with Crippen LogP contribution in [0.1, 0.15) is 33.6 Å². The molecule has 3 aromatic heterocycles. The van der Waals surface area contributed by atoms with E-state index in [2.05, 4.69) is 27.1 Å². The molecule has 0 fully saturated rings. The van der Waals surface area contributed by atoms with Crippen molar-refractivity contribution in [3.8, 4) is 11.8 Å². The number of hydrogen-bond acceptors (Lipinski definition) is 4. The highest BCUT2D eigenvalue weighted by molar-refractivity contribution is 5.86. The average Bonchev–Trinajstić information content (AvgIpc) is 3.37. The minimum absolute atomic E-state index is 0.212. The lowest BCUT2D eigenvalue weighted by Gasteiger charge is -2.08. The molecule has 2 aromatic carbocycles. The third-order valence-electron chi connectivity index (χ3n) is 5.14. The summed E-state index contributed by atoms with van der Waals surface area (Å²) in [6, 6.07) is 12.6. The molecule has 5 nitrogen and oxygen atoms in total. The number of fused-ring (bicyclic) bond motifs is 2. The lowest BCUT2D eigenvalue weighted by molar-refractivity contribution is -0.137. The normalized spacial score (nSPS) is 11.6. The van der Waals surface area contributed by atoms with Crippen LogP contribution in [0.25, 0.3) is 16.6 Å². The van der Waals surface area contributed by atoms with Crippen LogP contribution in [0.4, 0.5) is 13.2 Å². The minimum Gasteiger partial charge on any atom is -0.355 e. The Morgan fingerprint density at radius 1 is 1.06 bits per heavy atom. The van der Waals surface area contributed by atoms with Crippen LogP contribution in [-0.4, -0.2) is 19.8 Å². The van der Waals surface area contributed by atoms with E-state index >= 15 is 0 Å². The van der Waals surface area contributed by atoms with Crippen LogP contribution in [0, 0.1) is 18.8 Å². The third kappa shape index (κ3) is 3.58. The molecule has 8 heteroatoms.